The van der Waals surface area contributed by atoms with Crippen molar-refractivity contribution < 1.29 is 29.4 Å². The summed E-state index contributed by atoms with van der Waals surface area (Å²) in [5.74, 6) is -1.48. The zero-order chi connectivity index (χ0) is 22.3. The number of hydroxylamine groups is 1. The van der Waals surface area contributed by atoms with Crippen LogP contribution in [0, 0.1) is 0 Å². The minimum absolute atomic E-state index is 0.283. The Kier molecular flexibility index (Phi) is 7.51. The highest BCUT2D eigenvalue weighted by molar-refractivity contribution is 5.97. The topological polar surface area (TPSA) is 137 Å². The minimum Gasteiger partial charge on any atom is -0.444 e. The summed E-state index contributed by atoms with van der Waals surface area (Å²) in [6.07, 6.45) is -0.540. The second kappa shape index (κ2) is 9.86. The van der Waals surface area contributed by atoms with Gasteiger partial charge < -0.3 is 15.2 Å². The molecule has 2 aromatic carbocycles. The molecule has 0 saturated heterocycles. The first-order chi connectivity index (χ1) is 14.1. The van der Waals surface area contributed by atoms with E-state index in [1.165, 1.54) is 5.48 Å². The quantitative estimate of drug-likeness (QED) is 0.363. The van der Waals surface area contributed by atoms with Crippen LogP contribution in [0.2, 0.25) is 0 Å². The van der Waals surface area contributed by atoms with Crippen LogP contribution < -0.4 is 16.1 Å². The molecule has 2 aromatic rings. The monoisotopic (exact) mass is 415 g/mol. The first-order valence-corrected chi connectivity index (χ1v) is 9.19. The third-order valence-corrected chi connectivity index (χ3v) is 3.93. The van der Waals surface area contributed by atoms with Gasteiger partial charge in [0.25, 0.3) is 11.8 Å². The van der Waals surface area contributed by atoms with Crippen LogP contribution in [0.4, 0.5) is 10.5 Å². The Morgan fingerprint density at radius 3 is 1.97 bits per heavy atom. The summed E-state index contributed by atoms with van der Waals surface area (Å²) in [7, 11) is 0. The van der Waals surface area contributed by atoms with Crippen molar-refractivity contribution in [3.63, 3.8) is 0 Å². The molecule has 0 fully saturated rings. The van der Waals surface area contributed by atoms with Gasteiger partial charge in [0, 0.05) is 11.3 Å². The molecule has 3 amide bonds. The van der Waals surface area contributed by atoms with Crippen LogP contribution in [0.3, 0.4) is 0 Å². The van der Waals surface area contributed by atoms with Gasteiger partial charge in [-0.05, 0) is 56.2 Å². The molecule has 0 aliphatic heterocycles. The van der Waals surface area contributed by atoms with Gasteiger partial charge in [-0.25, -0.2) is 10.3 Å². The smallest absolute Gasteiger partial charge is 0.412 e. The van der Waals surface area contributed by atoms with Gasteiger partial charge in [-0.15, -0.1) is 0 Å². The van der Waals surface area contributed by atoms with E-state index < -0.39 is 36.2 Å². The second-order valence-electron chi connectivity index (χ2n) is 7.47. The van der Waals surface area contributed by atoms with Crippen LogP contribution >= 0.6 is 0 Å². The van der Waals surface area contributed by atoms with Gasteiger partial charge in [0.05, 0.1) is 6.61 Å². The summed E-state index contributed by atoms with van der Waals surface area (Å²) in [5.41, 5.74) is 3.37. The molecule has 0 aliphatic carbocycles. The molecule has 0 aromatic heterocycles. The average molecular weight is 415 g/mol. The highest BCUT2D eigenvalue weighted by Gasteiger charge is 2.20. The molecule has 1 atom stereocenters. The van der Waals surface area contributed by atoms with E-state index >= 15 is 0 Å². The van der Waals surface area contributed by atoms with E-state index in [-0.39, 0.29) is 5.56 Å². The van der Waals surface area contributed by atoms with Gasteiger partial charge in [0.2, 0.25) is 0 Å². The maximum Gasteiger partial charge on any atom is 0.412 e. The third kappa shape index (κ3) is 6.57. The van der Waals surface area contributed by atoms with E-state index in [1.54, 1.807) is 57.2 Å². The number of ether oxygens (including phenoxy) is 1. The number of carbonyl (C=O) groups excluding carboxylic acids is 3. The molecule has 0 bridgehead atoms. The lowest BCUT2D eigenvalue weighted by Gasteiger charge is -2.19. The molecule has 0 aliphatic rings. The Hall–Kier alpha value is -3.43. The summed E-state index contributed by atoms with van der Waals surface area (Å²) in [4.78, 5) is 35.4. The highest BCUT2D eigenvalue weighted by atomic mass is 16.6. The number of aliphatic hydroxyl groups excluding tert-OH is 1. The Morgan fingerprint density at radius 1 is 0.967 bits per heavy atom. The highest BCUT2D eigenvalue weighted by Crippen LogP contribution is 2.22. The summed E-state index contributed by atoms with van der Waals surface area (Å²) >= 11 is 0. The fourth-order valence-corrected chi connectivity index (χ4v) is 2.50. The van der Waals surface area contributed by atoms with Crippen LogP contribution in [0.15, 0.2) is 48.5 Å². The third-order valence-electron chi connectivity index (χ3n) is 3.93. The molecule has 9 heteroatoms. The molecule has 160 valence electrons. The molecule has 5 N–H and O–H groups in total. The SMILES string of the molecule is CC(C)(C)OC(=O)Nc1ccc(-c2ccc(C(=O)N[C@@H](CO)C(=O)NO)cc2)cc1. The van der Waals surface area contributed by atoms with E-state index in [1.807, 2.05) is 12.1 Å². The lowest BCUT2D eigenvalue weighted by atomic mass is 10.0. The van der Waals surface area contributed by atoms with E-state index in [2.05, 4.69) is 10.6 Å². The molecule has 2 rings (SSSR count). The zero-order valence-electron chi connectivity index (χ0n) is 16.9. The standard InChI is InChI=1S/C21H25N3O6/c1-21(2,3)30-20(28)22-16-10-8-14(9-11-16)13-4-6-15(7-5-13)18(26)23-17(12-25)19(27)24-29/h4-11,17,25,29H,12H2,1-3H3,(H,22,28)(H,23,26)(H,24,27)/t17-/m0/s1. The predicted octanol–water partition coefficient (Wildman–Crippen LogP) is 2.30. The number of rotatable bonds is 6. The molecule has 0 spiro atoms. The Labute approximate surface area is 174 Å². The zero-order valence-corrected chi connectivity index (χ0v) is 16.9. The Balaban J connectivity index is 2.03. The van der Waals surface area contributed by atoms with E-state index in [0.29, 0.717) is 5.69 Å². The first-order valence-electron chi connectivity index (χ1n) is 9.19. The maximum atomic E-state index is 12.2. The van der Waals surface area contributed by atoms with Crippen molar-refractivity contribution >= 4 is 23.6 Å². The van der Waals surface area contributed by atoms with Gasteiger partial charge in [-0.2, -0.15) is 0 Å². The van der Waals surface area contributed by atoms with Crippen molar-refractivity contribution in [1.29, 1.82) is 0 Å². The normalized spacial score (nSPS) is 11.9. The summed E-state index contributed by atoms with van der Waals surface area (Å²) in [6, 6.07) is 12.4. The minimum atomic E-state index is -1.26. The molecule has 9 nitrogen and oxygen atoms in total. The molecule has 0 radical (unpaired) electrons. The van der Waals surface area contributed by atoms with Crippen molar-refractivity contribution in [3.05, 3.63) is 54.1 Å². The average Bonchev–Trinajstić information content (AvgIpc) is 2.70. The number of hydrogen-bond donors (Lipinski definition) is 5. The number of benzene rings is 2. The van der Waals surface area contributed by atoms with Crippen molar-refractivity contribution in [2.75, 3.05) is 11.9 Å². The fraction of sp³-hybridized carbons (Fsp3) is 0.286. The van der Waals surface area contributed by atoms with Gasteiger partial charge in [-0.1, -0.05) is 24.3 Å². The Bertz CT molecular complexity index is 888. The van der Waals surface area contributed by atoms with Crippen molar-refractivity contribution in [1.82, 2.24) is 10.8 Å². The summed E-state index contributed by atoms with van der Waals surface area (Å²) in [6.45, 7) is 4.70. The maximum absolute atomic E-state index is 12.2. The van der Waals surface area contributed by atoms with Crippen LogP contribution in [-0.4, -0.2) is 46.5 Å². The number of nitrogens with one attached hydrogen (secondary N) is 3. The van der Waals surface area contributed by atoms with Gasteiger partial charge in [-0.3, -0.25) is 20.1 Å². The van der Waals surface area contributed by atoms with Crippen LogP contribution in [-0.2, 0) is 9.53 Å². The Morgan fingerprint density at radius 2 is 1.50 bits per heavy atom. The van der Waals surface area contributed by atoms with Crippen molar-refractivity contribution in [2.24, 2.45) is 0 Å². The number of anilines is 1. The van der Waals surface area contributed by atoms with Gasteiger partial charge in [0.1, 0.15) is 11.6 Å². The van der Waals surface area contributed by atoms with Crippen LogP contribution in [0.25, 0.3) is 11.1 Å². The van der Waals surface area contributed by atoms with Crippen LogP contribution in [0.1, 0.15) is 31.1 Å². The van der Waals surface area contributed by atoms with Crippen molar-refractivity contribution in [3.8, 4) is 11.1 Å². The summed E-state index contributed by atoms with van der Waals surface area (Å²) in [5, 5.41) is 22.7. The molecule has 0 heterocycles. The van der Waals surface area contributed by atoms with E-state index in [9.17, 15) is 14.4 Å². The molecular weight excluding hydrogens is 390 g/mol. The largest absolute Gasteiger partial charge is 0.444 e. The van der Waals surface area contributed by atoms with E-state index in [4.69, 9.17) is 15.1 Å². The van der Waals surface area contributed by atoms with Gasteiger partial charge >= 0.3 is 6.09 Å². The second-order valence-corrected chi connectivity index (χ2v) is 7.47. The number of carbonyl (C=O) groups is 3. The van der Waals surface area contributed by atoms with Crippen LogP contribution in [0.5, 0.6) is 0 Å². The van der Waals surface area contributed by atoms with Gasteiger partial charge in [0.15, 0.2) is 0 Å². The molecule has 0 saturated carbocycles. The first kappa shape index (κ1) is 22.9. The lowest BCUT2D eigenvalue weighted by Crippen LogP contribution is -2.48. The number of hydrogen-bond acceptors (Lipinski definition) is 6. The molecule has 0 unspecified atom stereocenters. The predicted molar refractivity (Wildman–Crippen MR) is 110 cm³/mol. The lowest BCUT2D eigenvalue weighted by molar-refractivity contribution is -0.132. The summed E-state index contributed by atoms with van der Waals surface area (Å²) < 4.78 is 5.21. The van der Waals surface area contributed by atoms with Crippen molar-refractivity contribution in [2.45, 2.75) is 32.4 Å². The number of aliphatic hydroxyl groups is 1. The molecular formula is C21H25N3O6. The molecule has 30 heavy (non-hydrogen) atoms. The van der Waals surface area contributed by atoms with E-state index in [0.717, 1.165) is 11.1 Å². The number of amides is 3. The fourth-order valence-electron chi connectivity index (χ4n) is 2.50.